The van der Waals surface area contributed by atoms with Crippen molar-refractivity contribution in [1.82, 2.24) is 4.57 Å². The van der Waals surface area contributed by atoms with Gasteiger partial charge in [0.25, 0.3) is 0 Å². The Balaban J connectivity index is 1.41. The summed E-state index contributed by atoms with van der Waals surface area (Å²) < 4.78 is 1.45. The number of thioether (sulfide) groups is 1. The van der Waals surface area contributed by atoms with Gasteiger partial charge in [-0.3, -0.25) is 23.7 Å². The van der Waals surface area contributed by atoms with Crippen molar-refractivity contribution in [1.29, 1.82) is 0 Å². The monoisotopic (exact) mass is 611 g/mol. The highest BCUT2D eigenvalue weighted by atomic mass is 32.2. The summed E-state index contributed by atoms with van der Waals surface area (Å²) in [6.45, 7) is 10.1. The van der Waals surface area contributed by atoms with E-state index < -0.39 is 17.1 Å². The van der Waals surface area contributed by atoms with E-state index in [0.717, 1.165) is 38.5 Å². The molecule has 0 radical (unpaired) electrons. The number of hydrogen-bond donors (Lipinski definition) is 1. The molecule has 0 bridgehead atoms. The number of carbonyl (C=O) groups excluding carboxylic acids is 3. The first kappa shape index (κ1) is 29.1. The van der Waals surface area contributed by atoms with Crippen LogP contribution in [0.25, 0.3) is 0 Å². The average Bonchev–Trinajstić information content (AvgIpc) is 3.40. The van der Waals surface area contributed by atoms with E-state index in [9.17, 15) is 19.2 Å². The van der Waals surface area contributed by atoms with Crippen LogP contribution in [0.4, 0.5) is 11.4 Å². The zero-order valence-electron chi connectivity index (χ0n) is 24.7. The summed E-state index contributed by atoms with van der Waals surface area (Å²) in [6.07, 6.45) is 0. The van der Waals surface area contributed by atoms with Crippen LogP contribution in [-0.2, 0) is 26.3 Å². The SMILES string of the molecule is Cc1ccc(NC(=O)Cn2c3c(sc2=O)[C@H](c2ccc(C(C)(C)C)cc2)C2C(=O)N(c4ccc(C)cc4)C(=O)C2S3)cc1. The maximum atomic E-state index is 14.1. The van der Waals surface area contributed by atoms with Crippen LogP contribution < -0.4 is 15.1 Å². The normalized spacial score (nSPS) is 19.7. The van der Waals surface area contributed by atoms with Crippen LogP contribution in [0.1, 0.15) is 53.8 Å². The van der Waals surface area contributed by atoms with Crippen molar-refractivity contribution >= 4 is 52.2 Å². The van der Waals surface area contributed by atoms with Gasteiger partial charge in [-0.1, -0.05) is 104 Å². The van der Waals surface area contributed by atoms with Crippen LogP contribution in [0.3, 0.4) is 0 Å². The Bertz CT molecular complexity index is 1780. The van der Waals surface area contributed by atoms with Crippen LogP contribution in [0, 0.1) is 19.8 Å². The molecule has 3 amide bonds. The van der Waals surface area contributed by atoms with E-state index >= 15 is 0 Å². The number of aryl methyl sites for hydroxylation is 2. The molecule has 0 saturated carbocycles. The Hall–Kier alpha value is -3.95. The molecule has 2 unspecified atom stereocenters. The lowest BCUT2D eigenvalue weighted by Gasteiger charge is -2.31. The maximum Gasteiger partial charge on any atom is 0.308 e. The number of benzene rings is 3. The second-order valence-electron chi connectivity index (χ2n) is 12.3. The highest BCUT2D eigenvalue weighted by molar-refractivity contribution is 8.00. The van der Waals surface area contributed by atoms with Gasteiger partial charge in [-0.2, -0.15) is 0 Å². The molecular weight excluding hydrogens is 579 g/mol. The summed E-state index contributed by atoms with van der Waals surface area (Å²) in [5, 5.41) is 2.72. The summed E-state index contributed by atoms with van der Waals surface area (Å²) >= 11 is 2.28. The van der Waals surface area contributed by atoms with E-state index in [2.05, 4.69) is 38.2 Å². The first-order valence-electron chi connectivity index (χ1n) is 14.2. The number of carbonyl (C=O) groups is 3. The molecule has 1 aromatic heterocycles. The minimum Gasteiger partial charge on any atom is -0.325 e. The summed E-state index contributed by atoms with van der Waals surface area (Å²) in [6, 6.07) is 22.9. The topological polar surface area (TPSA) is 88.5 Å². The fraction of sp³-hybridized carbons (Fsp3) is 0.294. The Morgan fingerprint density at radius 2 is 1.44 bits per heavy atom. The number of nitrogens with zero attached hydrogens (tertiary/aromatic N) is 2. The molecule has 4 aromatic rings. The van der Waals surface area contributed by atoms with Gasteiger partial charge in [-0.05, 0) is 54.7 Å². The molecule has 3 atom stereocenters. The number of amides is 3. The van der Waals surface area contributed by atoms with Crippen molar-refractivity contribution < 1.29 is 14.4 Å². The van der Waals surface area contributed by atoms with Crippen molar-refractivity contribution in [3.8, 4) is 0 Å². The van der Waals surface area contributed by atoms with Gasteiger partial charge in [0.05, 0.1) is 16.6 Å². The number of fused-ring (bicyclic) bond motifs is 2. The molecule has 6 rings (SSSR count). The molecule has 7 nitrogen and oxygen atoms in total. The number of anilines is 2. The van der Waals surface area contributed by atoms with Gasteiger partial charge in [0.1, 0.15) is 11.8 Å². The fourth-order valence-electron chi connectivity index (χ4n) is 5.73. The number of imide groups is 1. The van der Waals surface area contributed by atoms with Gasteiger partial charge < -0.3 is 5.32 Å². The zero-order chi connectivity index (χ0) is 30.6. The van der Waals surface area contributed by atoms with E-state index in [4.69, 9.17) is 0 Å². The van der Waals surface area contributed by atoms with Crippen molar-refractivity contribution in [2.75, 3.05) is 10.2 Å². The summed E-state index contributed by atoms with van der Waals surface area (Å²) in [5.74, 6) is -2.09. The molecule has 9 heteroatoms. The average molecular weight is 612 g/mol. The van der Waals surface area contributed by atoms with Crippen molar-refractivity contribution in [3.63, 3.8) is 0 Å². The predicted octanol–water partition coefficient (Wildman–Crippen LogP) is 6.26. The molecule has 1 N–H and O–H groups in total. The molecule has 2 aliphatic heterocycles. The number of hydrogen-bond acceptors (Lipinski definition) is 6. The van der Waals surface area contributed by atoms with Gasteiger partial charge in [-0.25, -0.2) is 4.90 Å². The Labute approximate surface area is 258 Å². The largest absolute Gasteiger partial charge is 0.325 e. The molecule has 2 aliphatic rings. The molecule has 220 valence electrons. The van der Waals surface area contributed by atoms with Gasteiger partial charge in [0, 0.05) is 16.5 Å². The van der Waals surface area contributed by atoms with E-state index in [1.807, 2.05) is 62.4 Å². The Morgan fingerprint density at radius 1 is 0.837 bits per heavy atom. The minimum absolute atomic E-state index is 0.0605. The van der Waals surface area contributed by atoms with Crippen LogP contribution in [0.15, 0.2) is 82.6 Å². The zero-order valence-corrected chi connectivity index (χ0v) is 26.3. The maximum absolute atomic E-state index is 14.1. The smallest absolute Gasteiger partial charge is 0.308 e. The first-order valence-corrected chi connectivity index (χ1v) is 15.9. The number of thiazole rings is 1. The van der Waals surface area contributed by atoms with Gasteiger partial charge >= 0.3 is 4.87 Å². The number of nitrogens with one attached hydrogen (secondary N) is 1. The van der Waals surface area contributed by atoms with Gasteiger partial charge in [0.2, 0.25) is 17.7 Å². The Kier molecular flexibility index (Phi) is 7.42. The summed E-state index contributed by atoms with van der Waals surface area (Å²) in [4.78, 5) is 56.3. The lowest BCUT2D eigenvalue weighted by molar-refractivity contribution is -0.122. The molecule has 3 aromatic carbocycles. The van der Waals surface area contributed by atoms with Crippen molar-refractivity contribution in [2.24, 2.45) is 5.92 Å². The van der Waals surface area contributed by atoms with E-state index in [0.29, 0.717) is 16.4 Å². The second kappa shape index (κ2) is 11.0. The lowest BCUT2D eigenvalue weighted by Crippen LogP contribution is -2.33. The molecule has 0 spiro atoms. The van der Waals surface area contributed by atoms with Gasteiger partial charge in [-0.15, -0.1) is 0 Å². The lowest BCUT2D eigenvalue weighted by atomic mass is 9.81. The predicted molar refractivity (Wildman–Crippen MR) is 172 cm³/mol. The molecular formula is C34H33N3O4S2. The van der Waals surface area contributed by atoms with Gasteiger partial charge in [0.15, 0.2) is 0 Å². The third-order valence-corrected chi connectivity index (χ3v) is 10.7. The highest BCUT2D eigenvalue weighted by Crippen LogP contribution is 2.54. The standard InChI is InChI=1S/C34H33N3O4S2/c1-19-6-14-23(15-7-19)35-25(38)18-36-32-29(43-33(36)41)26(21-10-12-22(13-11-21)34(3,4)5)27-28(42-32)31(40)37(30(27)39)24-16-8-20(2)9-17-24/h6-17,26-28H,18H2,1-5H3,(H,35,38)/t26-,27?,28?/m1/s1. The van der Waals surface area contributed by atoms with E-state index in [1.54, 1.807) is 12.1 Å². The summed E-state index contributed by atoms with van der Waals surface area (Å²) in [5.41, 5.74) is 5.24. The molecule has 0 aliphatic carbocycles. The Morgan fingerprint density at radius 3 is 2.05 bits per heavy atom. The molecule has 1 saturated heterocycles. The van der Waals surface area contributed by atoms with E-state index in [-0.39, 0.29) is 34.6 Å². The molecule has 3 heterocycles. The van der Waals surface area contributed by atoms with Crippen LogP contribution in [0.2, 0.25) is 0 Å². The van der Waals surface area contributed by atoms with E-state index in [1.165, 1.54) is 21.2 Å². The highest BCUT2D eigenvalue weighted by Gasteiger charge is 2.56. The van der Waals surface area contributed by atoms with Crippen molar-refractivity contribution in [3.05, 3.63) is 110 Å². The summed E-state index contributed by atoms with van der Waals surface area (Å²) in [7, 11) is 0. The number of aromatic nitrogens is 1. The van der Waals surface area contributed by atoms with Crippen LogP contribution in [0.5, 0.6) is 0 Å². The first-order chi connectivity index (χ1) is 20.4. The third-order valence-electron chi connectivity index (χ3n) is 8.11. The molecule has 43 heavy (non-hydrogen) atoms. The number of rotatable bonds is 5. The third kappa shape index (κ3) is 5.36. The fourth-order valence-corrected chi connectivity index (χ4v) is 8.51. The van der Waals surface area contributed by atoms with Crippen LogP contribution in [-0.4, -0.2) is 27.5 Å². The second-order valence-corrected chi connectivity index (χ2v) is 14.4. The minimum atomic E-state index is -0.728. The van der Waals surface area contributed by atoms with Crippen molar-refractivity contribution in [2.45, 2.75) is 62.8 Å². The van der Waals surface area contributed by atoms with Crippen LogP contribution >= 0.6 is 23.1 Å². The molecule has 1 fully saturated rings. The quantitative estimate of drug-likeness (QED) is 0.269.